The molecule has 3 aliphatic rings. The largest absolute Gasteiger partial charge is 0.454 e. The molecule has 4 rings (SSSR count). The summed E-state index contributed by atoms with van der Waals surface area (Å²) in [5, 5.41) is 13.2. The van der Waals surface area contributed by atoms with Crippen LogP contribution >= 0.6 is 31.9 Å². The van der Waals surface area contributed by atoms with E-state index in [9.17, 15) is 29.3 Å². The van der Waals surface area contributed by atoms with Gasteiger partial charge in [-0.3, -0.25) is 29.4 Å². The molecule has 2 saturated carbocycles. The predicted octanol–water partition coefficient (Wildman–Crippen LogP) is 2.24. The van der Waals surface area contributed by atoms with Crippen molar-refractivity contribution in [2.45, 2.75) is 29.0 Å². The number of nitrogens with one attached hydrogen (secondary N) is 1. The molecule has 7 atom stereocenters. The number of amides is 3. The van der Waals surface area contributed by atoms with Gasteiger partial charge in [-0.25, -0.2) is 4.79 Å². The van der Waals surface area contributed by atoms with Gasteiger partial charge in [0.2, 0.25) is 11.8 Å². The van der Waals surface area contributed by atoms with Crippen LogP contribution in [0, 0.1) is 33.8 Å². The Kier molecular flexibility index (Phi) is 6.10. The fourth-order valence-corrected chi connectivity index (χ4v) is 6.88. The van der Waals surface area contributed by atoms with Gasteiger partial charge < -0.3 is 10.1 Å². The number of hydrogen-bond donors (Lipinski definition) is 1. The van der Waals surface area contributed by atoms with E-state index < -0.39 is 41.3 Å². The Morgan fingerprint density at radius 1 is 1.22 bits per heavy atom. The Hall–Kier alpha value is -2.34. The SMILES string of the molecule is C[C@H](C(=O)OCC(=O)Nc1cccc([N+](=O)[O-])c1)N1C(=O)[C@@H]2[C@H]3C[C@@H]([C@@H](Br)[C@H]3Br)[C@H]2C1=O. The molecule has 1 N–H and O–H groups in total. The van der Waals surface area contributed by atoms with Crippen molar-refractivity contribution in [3.63, 3.8) is 0 Å². The molecule has 1 aliphatic heterocycles. The normalized spacial score (nSPS) is 31.4. The molecule has 1 saturated heterocycles. The number of anilines is 1. The molecule has 2 bridgehead atoms. The molecule has 0 unspecified atom stereocenters. The van der Waals surface area contributed by atoms with Gasteiger partial charge in [-0.2, -0.15) is 0 Å². The number of nitrogens with zero attached hydrogens (tertiary/aromatic N) is 2. The van der Waals surface area contributed by atoms with Crippen molar-refractivity contribution in [2.24, 2.45) is 23.7 Å². The molecule has 0 spiro atoms. The van der Waals surface area contributed by atoms with Gasteiger partial charge in [0.1, 0.15) is 6.04 Å². The first-order chi connectivity index (χ1) is 15.1. The highest BCUT2D eigenvalue weighted by Crippen LogP contribution is 2.60. The van der Waals surface area contributed by atoms with Crippen LogP contribution in [0.2, 0.25) is 0 Å². The summed E-state index contributed by atoms with van der Waals surface area (Å²) in [6.45, 7) is 0.740. The number of nitro groups is 1. The molecule has 170 valence electrons. The second-order valence-electron chi connectivity index (χ2n) is 8.19. The van der Waals surface area contributed by atoms with Gasteiger partial charge in [0, 0.05) is 27.5 Å². The van der Waals surface area contributed by atoms with Crippen molar-refractivity contribution in [1.29, 1.82) is 0 Å². The first-order valence-electron chi connectivity index (χ1n) is 9.97. The average Bonchev–Trinajstić information content (AvgIpc) is 3.36. The summed E-state index contributed by atoms with van der Waals surface area (Å²) < 4.78 is 5.01. The lowest BCUT2D eigenvalue weighted by Gasteiger charge is -2.28. The predicted molar refractivity (Wildman–Crippen MR) is 118 cm³/mol. The fraction of sp³-hybridized carbons (Fsp3) is 0.500. The Labute approximate surface area is 199 Å². The third-order valence-corrected chi connectivity index (χ3v) is 9.64. The van der Waals surface area contributed by atoms with Crippen LogP contribution < -0.4 is 5.32 Å². The maximum atomic E-state index is 13.0. The summed E-state index contributed by atoms with van der Waals surface area (Å²) in [6.07, 6.45) is 0.781. The highest BCUT2D eigenvalue weighted by atomic mass is 79.9. The zero-order valence-electron chi connectivity index (χ0n) is 16.8. The van der Waals surface area contributed by atoms with Gasteiger partial charge in [-0.1, -0.05) is 37.9 Å². The molecule has 1 heterocycles. The highest BCUT2D eigenvalue weighted by molar-refractivity contribution is 9.12. The summed E-state index contributed by atoms with van der Waals surface area (Å²) in [6, 6.07) is 4.15. The monoisotopic (exact) mass is 571 g/mol. The number of fused-ring (bicyclic) bond motifs is 5. The van der Waals surface area contributed by atoms with Crippen LogP contribution in [-0.4, -0.2) is 55.8 Å². The van der Waals surface area contributed by atoms with E-state index >= 15 is 0 Å². The first kappa shape index (κ1) is 22.8. The van der Waals surface area contributed by atoms with E-state index in [4.69, 9.17) is 4.74 Å². The molecular weight excluding hydrogens is 554 g/mol. The lowest BCUT2D eigenvalue weighted by molar-refractivity contribution is -0.384. The molecule has 12 heteroatoms. The van der Waals surface area contributed by atoms with E-state index in [2.05, 4.69) is 37.2 Å². The smallest absolute Gasteiger partial charge is 0.329 e. The van der Waals surface area contributed by atoms with Crippen molar-refractivity contribution in [2.75, 3.05) is 11.9 Å². The summed E-state index contributed by atoms with van der Waals surface area (Å²) in [7, 11) is 0. The second kappa shape index (κ2) is 8.54. The molecule has 10 nitrogen and oxygen atoms in total. The Bertz CT molecular complexity index is 987. The summed E-state index contributed by atoms with van der Waals surface area (Å²) in [4.78, 5) is 61.9. The van der Waals surface area contributed by atoms with Crippen LogP contribution in [0.3, 0.4) is 0 Å². The molecule has 3 amide bonds. The maximum absolute atomic E-state index is 13.0. The zero-order valence-corrected chi connectivity index (χ0v) is 19.9. The van der Waals surface area contributed by atoms with Gasteiger partial charge in [0.15, 0.2) is 6.61 Å². The van der Waals surface area contributed by atoms with E-state index in [1.807, 2.05) is 0 Å². The number of hydrogen-bond acceptors (Lipinski definition) is 7. The first-order valence-corrected chi connectivity index (χ1v) is 11.8. The van der Waals surface area contributed by atoms with E-state index in [1.54, 1.807) is 0 Å². The number of esters is 1. The highest BCUT2D eigenvalue weighted by Gasteiger charge is 2.67. The number of nitro benzene ring substituents is 1. The third kappa shape index (κ3) is 3.72. The van der Waals surface area contributed by atoms with Crippen molar-refractivity contribution in [3.8, 4) is 0 Å². The lowest BCUT2D eigenvalue weighted by Crippen LogP contribution is -2.45. The number of benzene rings is 1. The van der Waals surface area contributed by atoms with E-state index in [-0.39, 0.29) is 44.7 Å². The van der Waals surface area contributed by atoms with Gasteiger partial charge in [-0.05, 0) is 31.2 Å². The van der Waals surface area contributed by atoms with E-state index in [0.717, 1.165) is 11.3 Å². The number of carbonyl (C=O) groups excluding carboxylic acids is 4. The van der Waals surface area contributed by atoms with Crippen molar-refractivity contribution in [3.05, 3.63) is 34.4 Å². The summed E-state index contributed by atoms with van der Waals surface area (Å²) >= 11 is 7.22. The second-order valence-corrected chi connectivity index (χ2v) is 10.3. The van der Waals surface area contributed by atoms with Gasteiger partial charge in [0.25, 0.3) is 11.6 Å². The van der Waals surface area contributed by atoms with E-state index in [1.165, 1.54) is 31.2 Å². The van der Waals surface area contributed by atoms with Crippen LogP contribution in [0.1, 0.15) is 13.3 Å². The average molecular weight is 573 g/mol. The number of halogens is 2. The van der Waals surface area contributed by atoms with Crippen LogP contribution in [0.25, 0.3) is 0 Å². The number of non-ortho nitro benzene ring substituents is 1. The Balaban J connectivity index is 1.36. The molecule has 0 aromatic heterocycles. The molecule has 1 aromatic carbocycles. The molecular formula is C20H19Br2N3O7. The number of carbonyl (C=O) groups is 4. The van der Waals surface area contributed by atoms with Crippen molar-refractivity contribution < 1.29 is 28.8 Å². The molecule has 3 fully saturated rings. The molecule has 2 aliphatic carbocycles. The lowest BCUT2D eigenvalue weighted by atomic mass is 9.81. The van der Waals surface area contributed by atoms with Crippen molar-refractivity contribution in [1.82, 2.24) is 4.90 Å². The minimum atomic E-state index is -1.16. The molecule has 32 heavy (non-hydrogen) atoms. The standard InChI is InChI=1S/C20H19Br2N3O7/c1-8(20(29)32-7-13(26)23-9-3-2-4-10(5-9)25(30)31)24-18(27)14-11-6-12(15(14)19(24)28)17(22)16(11)21/h2-5,8,11-12,14-17H,6-7H2,1H3,(H,23,26)/t8-,11-,12-,14-,15-,16-,17+/m1/s1. The minimum Gasteiger partial charge on any atom is -0.454 e. The Morgan fingerprint density at radius 3 is 2.38 bits per heavy atom. The number of rotatable bonds is 6. The number of likely N-dealkylation sites (tertiary alicyclic amines) is 1. The van der Waals surface area contributed by atoms with Gasteiger partial charge in [-0.15, -0.1) is 0 Å². The Morgan fingerprint density at radius 2 is 1.81 bits per heavy atom. The third-order valence-electron chi connectivity index (χ3n) is 6.44. The molecule has 0 radical (unpaired) electrons. The topological polar surface area (TPSA) is 136 Å². The van der Waals surface area contributed by atoms with Crippen LogP contribution in [-0.2, 0) is 23.9 Å². The summed E-state index contributed by atoms with van der Waals surface area (Å²) in [5.41, 5.74) is -0.0226. The number of alkyl halides is 2. The van der Waals surface area contributed by atoms with Crippen LogP contribution in [0.5, 0.6) is 0 Å². The summed E-state index contributed by atoms with van der Waals surface area (Å²) in [5.74, 6) is -3.16. The van der Waals surface area contributed by atoms with Crippen LogP contribution in [0.4, 0.5) is 11.4 Å². The zero-order chi connectivity index (χ0) is 23.3. The maximum Gasteiger partial charge on any atom is 0.329 e. The number of imide groups is 1. The van der Waals surface area contributed by atoms with Crippen LogP contribution in [0.15, 0.2) is 24.3 Å². The number of ether oxygens (including phenoxy) is 1. The molecule has 1 aromatic rings. The fourth-order valence-electron chi connectivity index (χ4n) is 5.01. The van der Waals surface area contributed by atoms with E-state index in [0.29, 0.717) is 0 Å². The van der Waals surface area contributed by atoms with Gasteiger partial charge in [0.05, 0.1) is 16.8 Å². The minimum absolute atomic E-state index is 0.0275. The van der Waals surface area contributed by atoms with Crippen molar-refractivity contribution >= 4 is 66.9 Å². The quantitative estimate of drug-likeness (QED) is 0.181. The van der Waals surface area contributed by atoms with Gasteiger partial charge >= 0.3 is 5.97 Å².